The molecular formula is C14H14O6S2Zn. The van der Waals surface area contributed by atoms with Crippen molar-refractivity contribution in [3.05, 3.63) is 59.7 Å². The molecule has 0 unspecified atom stereocenters. The van der Waals surface area contributed by atoms with Crippen LogP contribution in [-0.4, -0.2) is 25.9 Å². The van der Waals surface area contributed by atoms with E-state index >= 15 is 0 Å². The first-order chi connectivity index (χ1) is 10.00. The molecule has 9 heteroatoms. The van der Waals surface area contributed by atoms with Crippen molar-refractivity contribution in [3.63, 3.8) is 0 Å². The van der Waals surface area contributed by atoms with Gasteiger partial charge in [0.15, 0.2) is 0 Å². The minimum atomic E-state index is -4.28. The molecule has 0 saturated heterocycles. The third-order valence-electron chi connectivity index (χ3n) is 2.56. The fraction of sp³-hybridized carbons (Fsp3) is 0.143. The van der Waals surface area contributed by atoms with Crippen LogP contribution in [0.2, 0.25) is 0 Å². The zero-order valence-corrected chi connectivity index (χ0v) is 17.2. The molecule has 0 aliphatic rings. The molecule has 23 heavy (non-hydrogen) atoms. The molecule has 0 fully saturated rings. The van der Waals surface area contributed by atoms with Gasteiger partial charge in [0, 0.05) is 0 Å². The Kier molecular flexibility index (Phi) is 8.24. The molecule has 0 amide bonds. The largest absolute Gasteiger partial charge is 2.00 e. The van der Waals surface area contributed by atoms with Gasteiger partial charge in [-0.15, -0.1) is 0 Å². The van der Waals surface area contributed by atoms with Crippen LogP contribution in [0.15, 0.2) is 58.3 Å². The molecule has 0 saturated carbocycles. The summed E-state index contributed by atoms with van der Waals surface area (Å²) in [7, 11) is -8.55. The molecule has 2 rings (SSSR count). The van der Waals surface area contributed by atoms with E-state index in [1.807, 2.05) is 0 Å². The van der Waals surface area contributed by atoms with Crippen LogP contribution in [0.5, 0.6) is 0 Å². The summed E-state index contributed by atoms with van der Waals surface area (Å²) in [5.74, 6) is 0. The first-order valence-corrected chi connectivity index (χ1v) is 8.87. The SMILES string of the molecule is Cc1cccc(S(=O)(=O)[O-])c1.Cc1cccc(S(=O)(=O)[O-])c1.[Zn+2]. The normalized spacial score (nSPS) is 11.0. The van der Waals surface area contributed by atoms with E-state index in [0.717, 1.165) is 11.1 Å². The summed E-state index contributed by atoms with van der Waals surface area (Å²) in [4.78, 5) is -0.338. The Morgan fingerprint density at radius 3 is 1.17 bits per heavy atom. The summed E-state index contributed by atoms with van der Waals surface area (Å²) in [6.45, 7) is 3.46. The van der Waals surface area contributed by atoms with E-state index < -0.39 is 20.2 Å². The Balaban J connectivity index is 0.000000403. The average Bonchev–Trinajstić information content (AvgIpc) is 2.37. The molecule has 2 aromatic rings. The van der Waals surface area contributed by atoms with Crippen LogP contribution >= 0.6 is 0 Å². The predicted molar refractivity (Wildman–Crippen MR) is 78.3 cm³/mol. The fourth-order valence-electron chi connectivity index (χ4n) is 1.54. The molecule has 120 valence electrons. The predicted octanol–water partition coefficient (Wildman–Crippen LogP) is 1.80. The van der Waals surface area contributed by atoms with Gasteiger partial charge in [0.2, 0.25) is 0 Å². The summed E-state index contributed by atoms with van der Waals surface area (Å²) < 4.78 is 62.6. The van der Waals surface area contributed by atoms with Crippen molar-refractivity contribution < 1.29 is 45.4 Å². The standard InChI is InChI=1S/2C7H8O3S.Zn/c2*1-6-3-2-4-7(5-6)11(8,9)10;/h2*2-5H,1H3,(H,8,9,10);/q;;+2/p-2. The van der Waals surface area contributed by atoms with Gasteiger partial charge < -0.3 is 9.11 Å². The smallest absolute Gasteiger partial charge is 0.744 e. The zero-order chi connectivity index (χ0) is 17.0. The maximum atomic E-state index is 10.4. The number of hydrogen-bond donors (Lipinski definition) is 0. The van der Waals surface area contributed by atoms with Gasteiger partial charge in [-0.05, 0) is 49.2 Å². The molecule has 0 aliphatic carbocycles. The van der Waals surface area contributed by atoms with Crippen molar-refractivity contribution in [1.29, 1.82) is 0 Å². The van der Waals surface area contributed by atoms with Crippen LogP contribution in [0.4, 0.5) is 0 Å². The number of hydrogen-bond acceptors (Lipinski definition) is 6. The number of benzene rings is 2. The number of aryl methyl sites for hydroxylation is 2. The Bertz CT molecular complexity index is 787. The quantitative estimate of drug-likeness (QED) is 0.553. The van der Waals surface area contributed by atoms with Gasteiger partial charge in [0.25, 0.3) is 0 Å². The van der Waals surface area contributed by atoms with E-state index in [2.05, 4.69) is 0 Å². The summed E-state index contributed by atoms with van der Waals surface area (Å²) in [5, 5.41) is 0. The molecule has 0 atom stereocenters. The van der Waals surface area contributed by atoms with Gasteiger partial charge in [-0.3, -0.25) is 0 Å². The van der Waals surface area contributed by atoms with Gasteiger partial charge >= 0.3 is 19.5 Å². The Morgan fingerprint density at radius 2 is 1.00 bits per heavy atom. The van der Waals surface area contributed by atoms with Gasteiger partial charge in [-0.1, -0.05) is 24.3 Å². The van der Waals surface area contributed by atoms with Gasteiger partial charge in [-0.25, -0.2) is 16.8 Å². The first kappa shape index (κ1) is 21.9. The van der Waals surface area contributed by atoms with E-state index in [1.54, 1.807) is 38.1 Å². The van der Waals surface area contributed by atoms with Gasteiger partial charge in [0.1, 0.15) is 20.2 Å². The van der Waals surface area contributed by atoms with Crippen molar-refractivity contribution in [2.45, 2.75) is 23.6 Å². The molecule has 0 N–H and O–H groups in total. The van der Waals surface area contributed by atoms with Gasteiger partial charge in [0.05, 0.1) is 9.79 Å². The Hall–Kier alpha value is -1.12. The van der Waals surface area contributed by atoms with E-state index in [4.69, 9.17) is 0 Å². The van der Waals surface area contributed by atoms with E-state index in [-0.39, 0.29) is 29.3 Å². The second-order valence-electron chi connectivity index (χ2n) is 4.54. The van der Waals surface area contributed by atoms with Crippen LogP contribution in [0.1, 0.15) is 11.1 Å². The van der Waals surface area contributed by atoms with Crippen molar-refractivity contribution >= 4 is 20.2 Å². The molecule has 2 aromatic carbocycles. The minimum Gasteiger partial charge on any atom is -0.744 e. The van der Waals surface area contributed by atoms with Crippen molar-refractivity contribution in [2.24, 2.45) is 0 Å². The average molecular weight is 408 g/mol. The van der Waals surface area contributed by atoms with Crippen molar-refractivity contribution in [3.8, 4) is 0 Å². The van der Waals surface area contributed by atoms with E-state index in [0.29, 0.717) is 0 Å². The topological polar surface area (TPSA) is 114 Å². The monoisotopic (exact) mass is 406 g/mol. The third-order valence-corrected chi connectivity index (χ3v) is 4.22. The maximum absolute atomic E-state index is 10.4. The Morgan fingerprint density at radius 1 is 0.696 bits per heavy atom. The molecule has 0 radical (unpaired) electrons. The zero-order valence-electron chi connectivity index (χ0n) is 12.6. The molecule has 0 bridgehead atoms. The van der Waals surface area contributed by atoms with E-state index in [9.17, 15) is 25.9 Å². The molecule has 0 aliphatic heterocycles. The van der Waals surface area contributed by atoms with Crippen molar-refractivity contribution in [2.75, 3.05) is 0 Å². The van der Waals surface area contributed by atoms with Crippen LogP contribution in [0, 0.1) is 13.8 Å². The number of rotatable bonds is 2. The third kappa shape index (κ3) is 7.81. The first-order valence-electron chi connectivity index (χ1n) is 6.05. The second kappa shape index (κ2) is 8.66. The van der Waals surface area contributed by atoms with Gasteiger partial charge in [-0.2, -0.15) is 0 Å². The summed E-state index contributed by atoms with van der Waals surface area (Å²) in [6, 6.07) is 11.8. The summed E-state index contributed by atoms with van der Waals surface area (Å²) in [6.07, 6.45) is 0. The fourth-order valence-corrected chi connectivity index (χ4v) is 2.69. The molecule has 0 spiro atoms. The van der Waals surface area contributed by atoms with Crippen LogP contribution in [-0.2, 0) is 39.7 Å². The Labute approximate surface area is 148 Å². The van der Waals surface area contributed by atoms with Crippen LogP contribution in [0.25, 0.3) is 0 Å². The minimum absolute atomic E-state index is 0. The maximum Gasteiger partial charge on any atom is 2.00 e. The molecule has 6 nitrogen and oxygen atoms in total. The second-order valence-corrected chi connectivity index (χ2v) is 7.30. The molecular weight excluding hydrogens is 394 g/mol. The van der Waals surface area contributed by atoms with Crippen LogP contribution in [0.3, 0.4) is 0 Å². The molecule has 0 aromatic heterocycles. The summed E-state index contributed by atoms with van der Waals surface area (Å²) >= 11 is 0. The summed E-state index contributed by atoms with van der Waals surface area (Å²) in [5.41, 5.74) is 1.53. The molecule has 0 heterocycles. The van der Waals surface area contributed by atoms with Crippen molar-refractivity contribution in [1.82, 2.24) is 0 Å². The van der Waals surface area contributed by atoms with E-state index in [1.165, 1.54) is 24.3 Å². The van der Waals surface area contributed by atoms with Crippen LogP contribution < -0.4 is 0 Å².